The molecule has 2 unspecified atom stereocenters. The van der Waals surface area contributed by atoms with E-state index >= 15 is 0 Å². The maximum atomic E-state index is 11.6. The molecule has 0 bridgehead atoms. The number of rotatable bonds is 3. The lowest BCUT2D eigenvalue weighted by Gasteiger charge is -2.14. The van der Waals surface area contributed by atoms with Gasteiger partial charge < -0.3 is 4.57 Å². The summed E-state index contributed by atoms with van der Waals surface area (Å²) in [5.41, 5.74) is 1.75. The van der Waals surface area contributed by atoms with Gasteiger partial charge in [0.25, 0.3) is 0 Å². The maximum absolute atomic E-state index is 11.6. The zero-order chi connectivity index (χ0) is 15.2. The highest BCUT2D eigenvalue weighted by Gasteiger charge is 2.29. The maximum Gasteiger partial charge on any atom is 0.150 e. The average molecular weight is 347 g/mol. The van der Waals surface area contributed by atoms with E-state index in [4.69, 9.17) is 23.2 Å². The zero-order valence-corrected chi connectivity index (χ0v) is 13.9. The van der Waals surface area contributed by atoms with E-state index in [0.29, 0.717) is 18.0 Å². The number of hydrogen-bond donors (Lipinski definition) is 0. The van der Waals surface area contributed by atoms with Crippen molar-refractivity contribution in [3.8, 4) is 0 Å². The Bertz CT molecular complexity index is 784. The SMILES string of the molecule is CC(Cl)c1nc2ccc(Cl)cc2n1CC1CCS(=O)(=O)C1. The van der Waals surface area contributed by atoms with E-state index in [9.17, 15) is 8.42 Å². The number of aromatic nitrogens is 2. The second-order valence-electron chi connectivity index (χ2n) is 5.60. The molecular weight excluding hydrogens is 331 g/mol. The molecule has 3 rings (SSSR count). The van der Waals surface area contributed by atoms with Gasteiger partial charge in [0, 0.05) is 11.6 Å². The largest absolute Gasteiger partial charge is 0.326 e. The van der Waals surface area contributed by atoms with Crippen LogP contribution in [0.25, 0.3) is 11.0 Å². The van der Waals surface area contributed by atoms with Crippen LogP contribution in [0.15, 0.2) is 18.2 Å². The van der Waals surface area contributed by atoms with E-state index in [1.807, 2.05) is 23.6 Å². The van der Waals surface area contributed by atoms with E-state index in [1.165, 1.54) is 0 Å². The highest BCUT2D eigenvalue weighted by molar-refractivity contribution is 7.91. The predicted octanol–water partition coefficient (Wildman–Crippen LogP) is 3.42. The minimum absolute atomic E-state index is 0.112. The van der Waals surface area contributed by atoms with Gasteiger partial charge >= 0.3 is 0 Å². The fraction of sp³-hybridized carbons (Fsp3) is 0.500. The fourth-order valence-electron chi connectivity index (χ4n) is 2.88. The van der Waals surface area contributed by atoms with Gasteiger partial charge in [0.15, 0.2) is 9.84 Å². The summed E-state index contributed by atoms with van der Waals surface area (Å²) in [6, 6.07) is 5.52. The number of hydrogen-bond acceptors (Lipinski definition) is 3. The molecule has 2 aromatic rings. The van der Waals surface area contributed by atoms with Crippen LogP contribution in [0.3, 0.4) is 0 Å². The van der Waals surface area contributed by atoms with Gasteiger partial charge in [-0.15, -0.1) is 11.6 Å². The molecular formula is C14H16Cl2N2O2S. The topological polar surface area (TPSA) is 52.0 Å². The highest BCUT2D eigenvalue weighted by atomic mass is 35.5. The number of benzene rings is 1. The Hall–Kier alpha value is -0.780. The molecule has 1 aliphatic rings. The van der Waals surface area contributed by atoms with Crippen molar-refractivity contribution in [2.45, 2.75) is 25.3 Å². The molecule has 0 spiro atoms. The van der Waals surface area contributed by atoms with Crippen LogP contribution in [0.1, 0.15) is 24.5 Å². The first-order valence-corrected chi connectivity index (χ1v) is 9.49. The van der Waals surface area contributed by atoms with Gasteiger partial charge in [-0.1, -0.05) is 11.6 Å². The van der Waals surface area contributed by atoms with Gasteiger partial charge in [0.2, 0.25) is 0 Å². The highest BCUT2D eigenvalue weighted by Crippen LogP contribution is 2.29. The van der Waals surface area contributed by atoms with Crippen molar-refractivity contribution in [3.05, 3.63) is 29.0 Å². The van der Waals surface area contributed by atoms with E-state index in [1.54, 1.807) is 6.07 Å². The van der Waals surface area contributed by atoms with E-state index in [2.05, 4.69) is 4.98 Å². The lowest BCUT2D eigenvalue weighted by Crippen LogP contribution is -2.15. The number of imidazole rings is 1. The van der Waals surface area contributed by atoms with Gasteiger partial charge in [-0.2, -0.15) is 0 Å². The smallest absolute Gasteiger partial charge is 0.150 e. The number of sulfone groups is 1. The average Bonchev–Trinajstić information content (AvgIpc) is 2.91. The third-order valence-corrected chi connectivity index (χ3v) is 6.13. The Balaban J connectivity index is 2.03. The van der Waals surface area contributed by atoms with Crippen LogP contribution in [-0.2, 0) is 16.4 Å². The third-order valence-electron chi connectivity index (χ3n) is 3.86. The Kier molecular flexibility index (Phi) is 3.93. The molecule has 114 valence electrons. The molecule has 1 aromatic carbocycles. The van der Waals surface area contributed by atoms with Gasteiger partial charge in [-0.3, -0.25) is 0 Å². The summed E-state index contributed by atoms with van der Waals surface area (Å²) in [5.74, 6) is 1.39. The lowest BCUT2D eigenvalue weighted by molar-refractivity contribution is 0.486. The molecule has 0 amide bonds. The molecule has 1 aliphatic heterocycles. The molecule has 1 saturated heterocycles. The van der Waals surface area contributed by atoms with Crippen molar-refractivity contribution in [2.75, 3.05) is 11.5 Å². The summed E-state index contributed by atoms with van der Waals surface area (Å²) in [6.45, 7) is 2.48. The van der Waals surface area contributed by atoms with Crippen LogP contribution in [0.4, 0.5) is 0 Å². The standard InChI is InChI=1S/C14H16Cl2N2O2S/c1-9(15)14-17-12-3-2-11(16)6-13(12)18(14)7-10-4-5-21(19,20)8-10/h2-3,6,9-10H,4-5,7-8H2,1H3. The fourth-order valence-corrected chi connectivity index (χ4v) is 5.07. The predicted molar refractivity (Wildman–Crippen MR) is 85.8 cm³/mol. The van der Waals surface area contributed by atoms with Crippen molar-refractivity contribution >= 4 is 44.1 Å². The molecule has 4 nitrogen and oxygen atoms in total. The minimum atomic E-state index is -2.89. The second kappa shape index (κ2) is 5.45. The Morgan fingerprint density at radius 1 is 1.48 bits per heavy atom. The molecule has 0 radical (unpaired) electrons. The quantitative estimate of drug-likeness (QED) is 0.800. The summed E-state index contributed by atoms with van der Waals surface area (Å²) in [5, 5.41) is 0.394. The number of nitrogens with zero attached hydrogens (tertiary/aromatic N) is 2. The number of halogens is 2. The summed E-state index contributed by atoms with van der Waals surface area (Å²) < 4.78 is 25.3. The molecule has 0 N–H and O–H groups in total. The van der Waals surface area contributed by atoms with Gasteiger partial charge in [-0.25, -0.2) is 13.4 Å². The van der Waals surface area contributed by atoms with E-state index in [0.717, 1.165) is 16.9 Å². The van der Waals surface area contributed by atoms with Crippen LogP contribution in [0.2, 0.25) is 5.02 Å². The number of fused-ring (bicyclic) bond motifs is 1. The van der Waals surface area contributed by atoms with E-state index < -0.39 is 9.84 Å². The first kappa shape index (κ1) is 15.1. The molecule has 21 heavy (non-hydrogen) atoms. The molecule has 1 aromatic heterocycles. The first-order valence-electron chi connectivity index (χ1n) is 6.86. The van der Waals surface area contributed by atoms with Crippen molar-refractivity contribution in [1.29, 1.82) is 0 Å². The van der Waals surface area contributed by atoms with Crippen molar-refractivity contribution in [3.63, 3.8) is 0 Å². The molecule has 0 aliphatic carbocycles. The zero-order valence-electron chi connectivity index (χ0n) is 11.6. The van der Waals surface area contributed by atoms with Crippen molar-refractivity contribution in [1.82, 2.24) is 9.55 Å². The molecule has 7 heteroatoms. The first-order chi connectivity index (χ1) is 9.85. The number of alkyl halides is 1. The monoisotopic (exact) mass is 346 g/mol. The van der Waals surface area contributed by atoms with Gasteiger partial charge in [0.05, 0.1) is 27.9 Å². The van der Waals surface area contributed by atoms with Crippen molar-refractivity contribution in [2.24, 2.45) is 5.92 Å². The minimum Gasteiger partial charge on any atom is -0.326 e. The van der Waals surface area contributed by atoms with Crippen LogP contribution < -0.4 is 0 Å². The molecule has 0 saturated carbocycles. The summed E-state index contributed by atoms with van der Waals surface area (Å²) >= 11 is 12.3. The van der Waals surface area contributed by atoms with Gasteiger partial charge in [-0.05, 0) is 37.5 Å². The Labute approximate surface area is 134 Å². The molecule has 1 fully saturated rings. The molecule has 2 heterocycles. The van der Waals surface area contributed by atoms with Crippen LogP contribution in [-0.4, -0.2) is 29.5 Å². The van der Waals surface area contributed by atoms with Crippen LogP contribution >= 0.6 is 23.2 Å². The Morgan fingerprint density at radius 3 is 2.86 bits per heavy atom. The summed E-state index contributed by atoms with van der Waals surface area (Å²) in [4.78, 5) is 4.55. The second-order valence-corrected chi connectivity index (χ2v) is 8.92. The Morgan fingerprint density at radius 2 is 2.24 bits per heavy atom. The summed E-state index contributed by atoms with van der Waals surface area (Å²) in [6.07, 6.45) is 0.693. The van der Waals surface area contributed by atoms with Gasteiger partial charge in [0.1, 0.15) is 5.82 Å². The van der Waals surface area contributed by atoms with Crippen LogP contribution in [0, 0.1) is 5.92 Å². The third kappa shape index (κ3) is 3.05. The molecule has 2 atom stereocenters. The lowest BCUT2D eigenvalue weighted by atomic mass is 10.1. The van der Waals surface area contributed by atoms with E-state index in [-0.39, 0.29) is 22.8 Å². The summed E-state index contributed by atoms with van der Waals surface area (Å²) in [7, 11) is -2.89. The van der Waals surface area contributed by atoms with Crippen molar-refractivity contribution < 1.29 is 8.42 Å². The normalized spacial score (nSPS) is 22.7. The van der Waals surface area contributed by atoms with Crippen LogP contribution in [0.5, 0.6) is 0 Å².